The second kappa shape index (κ2) is 4.23. The molecule has 1 saturated carbocycles. The number of ether oxygens (including phenoxy) is 2. The molecule has 6 heteroatoms. The van der Waals surface area contributed by atoms with Crippen molar-refractivity contribution >= 4 is 11.6 Å². The summed E-state index contributed by atoms with van der Waals surface area (Å²) in [5.74, 6) is -0.613. The minimum atomic E-state index is -0.613. The second-order valence-corrected chi connectivity index (χ2v) is 6.70. The highest BCUT2D eigenvalue weighted by Crippen LogP contribution is 2.53. The number of hydrogen-bond acceptors (Lipinski definition) is 4. The lowest BCUT2D eigenvalue weighted by molar-refractivity contribution is -0.00627. The fraction of sp³-hybridized carbons (Fsp3) is 0.500. The first-order chi connectivity index (χ1) is 10.4. The smallest absolute Gasteiger partial charge is 0.343 e. The lowest BCUT2D eigenvalue weighted by Gasteiger charge is -2.25. The molecule has 1 aliphatic heterocycles. The van der Waals surface area contributed by atoms with Crippen LogP contribution in [-0.2, 0) is 14.9 Å². The summed E-state index contributed by atoms with van der Waals surface area (Å²) in [6.07, 6.45) is 6.60. The van der Waals surface area contributed by atoms with Crippen LogP contribution in [0.3, 0.4) is 0 Å². The predicted octanol–water partition coefficient (Wildman–Crippen LogP) is 1.62. The van der Waals surface area contributed by atoms with Crippen molar-refractivity contribution in [1.29, 1.82) is 0 Å². The molecule has 3 heterocycles. The normalized spacial score (nSPS) is 30.1. The Hall–Kier alpha value is -2.08. The third kappa shape index (κ3) is 1.76. The predicted molar refractivity (Wildman–Crippen MR) is 79.2 cm³/mol. The highest BCUT2D eigenvalue weighted by molar-refractivity contribution is 5.89. The molecule has 1 N–H and O–H groups in total. The van der Waals surface area contributed by atoms with Gasteiger partial charge in [0.25, 0.3) is 0 Å². The zero-order valence-electron chi connectivity index (χ0n) is 12.6. The second-order valence-electron chi connectivity index (χ2n) is 6.70. The molecule has 6 nitrogen and oxygen atoms in total. The highest BCUT2D eigenvalue weighted by Gasteiger charge is 2.54. The van der Waals surface area contributed by atoms with Crippen molar-refractivity contribution < 1.29 is 14.3 Å². The quantitative estimate of drug-likeness (QED) is 0.856. The van der Waals surface area contributed by atoms with Crippen LogP contribution in [0.4, 0.5) is 0 Å². The molecule has 1 saturated heterocycles. The van der Waals surface area contributed by atoms with E-state index >= 15 is 0 Å². The fourth-order valence-electron chi connectivity index (χ4n) is 3.86. The standard InChI is InChI=1S/C16H18N2O4/c1-15-3-4-16(8-15,9-22-15)12-7-18-6-10(14(20)21-2)11(19)5-13(18)17-12/h5-7,17H,3-4,8-9H2,1-2H3. The van der Waals surface area contributed by atoms with Gasteiger partial charge in [-0.1, -0.05) is 0 Å². The number of nitrogens with zero attached hydrogens (tertiary/aromatic N) is 1. The van der Waals surface area contributed by atoms with Crippen molar-refractivity contribution in [3.63, 3.8) is 0 Å². The van der Waals surface area contributed by atoms with Gasteiger partial charge in [0.1, 0.15) is 11.2 Å². The molecule has 0 radical (unpaired) electrons. The maximum absolute atomic E-state index is 12.0. The molecule has 2 aromatic rings. The van der Waals surface area contributed by atoms with Gasteiger partial charge in [-0.25, -0.2) is 4.79 Å². The van der Waals surface area contributed by atoms with Crippen LogP contribution >= 0.6 is 0 Å². The Morgan fingerprint density at radius 1 is 1.41 bits per heavy atom. The van der Waals surface area contributed by atoms with Gasteiger partial charge in [0.05, 0.1) is 19.3 Å². The monoisotopic (exact) mass is 302 g/mol. The van der Waals surface area contributed by atoms with Gasteiger partial charge in [-0.05, 0) is 26.2 Å². The van der Waals surface area contributed by atoms with Crippen LogP contribution in [0, 0.1) is 0 Å². The highest BCUT2D eigenvalue weighted by atomic mass is 16.5. The van der Waals surface area contributed by atoms with Crippen LogP contribution in [0.25, 0.3) is 5.65 Å². The van der Waals surface area contributed by atoms with Gasteiger partial charge >= 0.3 is 5.97 Å². The van der Waals surface area contributed by atoms with E-state index in [-0.39, 0.29) is 22.0 Å². The third-order valence-corrected chi connectivity index (χ3v) is 5.13. The van der Waals surface area contributed by atoms with Crippen molar-refractivity contribution in [2.45, 2.75) is 37.2 Å². The first-order valence-electron chi connectivity index (χ1n) is 7.43. The summed E-state index contributed by atoms with van der Waals surface area (Å²) in [4.78, 5) is 27.0. The van der Waals surface area contributed by atoms with E-state index < -0.39 is 5.97 Å². The molecule has 0 spiro atoms. The zero-order chi connectivity index (χ0) is 15.5. The largest absolute Gasteiger partial charge is 0.465 e. The number of methoxy groups -OCH3 is 1. The number of H-pyrrole nitrogens is 1. The SMILES string of the molecule is COC(=O)c1cn2cc(C34CCC(C)(C3)OC4)[nH]c2cc1=O. The maximum atomic E-state index is 12.0. The van der Waals surface area contributed by atoms with Gasteiger partial charge < -0.3 is 18.9 Å². The van der Waals surface area contributed by atoms with Gasteiger partial charge in [-0.15, -0.1) is 0 Å². The molecule has 4 rings (SSSR count). The zero-order valence-corrected chi connectivity index (χ0v) is 12.6. The minimum Gasteiger partial charge on any atom is -0.465 e. The molecule has 2 fully saturated rings. The Kier molecular flexibility index (Phi) is 2.61. The molecule has 22 heavy (non-hydrogen) atoms. The molecule has 2 aliphatic rings. The van der Waals surface area contributed by atoms with Crippen LogP contribution < -0.4 is 5.43 Å². The Balaban J connectivity index is 1.82. The number of imidazole rings is 1. The van der Waals surface area contributed by atoms with Gasteiger partial charge in [0.2, 0.25) is 0 Å². The third-order valence-electron chi connectivity index (χ3n) is 5.13. The number of pyridine rings is 1. The number of rotatable bonds is 2. The van der Waals surface area contributed by atoms with Gasteiger partial charge in [-0.3, -0.25) is 4.79 Å². The van der Waals surface area contributed by atoms with E-state index in [9.17, 15) is 9.59 Å². The van der Waals surface area contributed by atoms with E-state index in [1.807, 2.05) is 6.20 Å². The fourth-order valence-corrected chi connectivity index (χ4v) is 3.86. The molecule has 116 valence electrons. The number of aromatic amines is 1. The summed E-state index contributed by atoms with van der Waals surface area (Å²) in [6, 6.07) is 1.44. The lowest BCUT2D eigenvalue weighted by Crippen LogP contribution is -2.26. The van der Waals surface area contributed by atoms with E-state index in [1.54, 1.807) is 4.40 Å². The minimum absolute atomic E-state index is 0.00472. The van der Waals surface area contributed by atoms with E-state index in [2.05, 4.69) is 16.6 Å². The molecular formula is C16H18N2O4. The van der Waals surface area contributed by atoms with Crippen LogP contribution in [-0.4, -0.2) is 34.7 Å². The Labute approximate surface area is 127 Å². The number of hydrogen-bond donors (Lipinski definition) is 1. The Morgan fingerprint density at radius 3 is 2.82 bits per heavy atom. The average Bonchev–Trinajstić information content (AvgIpc) is 3.15. The summed E-state index contributed by atoms with van der Waals surface area (Å²) >= 11 is 0. The molecule has 2 atom stereocenters. The van der Waals surface area contributed by atoms with E-state index in [4.69, 9.17) is 4.74 Å². The topological polar surface area (TPSA) is 72.8 Å². The van der Waals surface area contributed by atoms with Crippen LogP contribution in [0.5, 0.6) is 0 Å². The number of carbonyl (C=O) groups is 1. The lowest BCUT2D eigenvalue weighted by atomic mass is 9.84. The maximum Gasteiger partial charge on any atom is 0.343 e. The average molecular weight is 302 g/mol. The van der Waals surface area contributed by atoms with Crippen molar-refractivity contribution in [2.24, 2.45) is 0 Å². The summed E-state index contributed by atoms with van der Waals surface area (Å²) in [5.41, 5.74) is 1.43. The number of aromatic nitrogens is 2. The molecular weight excluding hydrogens is 284 g/mol. The van der Waals surface area contributed by atoms with E-state index in [0.717, 1.165) is 25.0 Å². The van der Waals surface area contributed by atoms with Crippen LogP contribution in [0.1, 0.15) is 42.2 Å². The number of nitrogens with one attached hydrogen (secondary N) is 1. The first kappa shape index (κ1) is 13.6. The Morgan fingerprint density at radius 2 is 2.23 bits per heavy atom. The summed E-state index contributed by atoms with van der Waals surface area (Å²) in [7, 11) is 1.27. The van der Waals surface area contributed by atoms with Crippen molar-refractivity contribution in [1.82, 2.24) is 9.38 Å². The van der Waals surface area contributed by atoms with Crippen LogP contribution in [0.2, 0.25) is 0 Å². The van der Waals surface area contributed by atoms with Crippen LogP contribution in [0.15, 0.2) is 23.3 Å². The van der Waals surface area contributed by atoms with Gasteiger partial charge in [0.15, 0.2) is 5.43 Å². The number of esters is 1. The summed E-state index contributed by atoms with van der Waals surface area (Å²) in [5, 5.41) is 0. The molecule has 0 aromatic carbocycles. The molecule has 1 aliphatic carbocycles. The van der Waals surface area contributed by atoms with E-state index in [1.165, 1.54) is 19.4 Å². The number of fused-ring (bicyclic) bond motifs is 3. The molecule has 2 unspecified atom stereocenters. The molecule has 2 bridgehead atoms. The van der Waals surface area contributed by atoms with E-state index in [0.29, 0.717) is 12.3 Å². The Bertz CT molecular complexity index is 824. The first-order valence-corrected chi connectivity index (χ1v) is 7.43. The number of carbonyl (C=O) groups excluding carboxylic acids is 1. The van der Waals surface area contributed by atoms with Gasteiger partial charge in [-0.2, -0.15) is 0 Å². The summed E-state index contributed by atoms with van der Waals surface area (Å²) in [6.45, 7) is 2.85. The summed E-state index contributed by atoms with van der Waals surface area (Å²) < 4.78 is 12.4. The molecule has 2 aromatic heterocycles. The van der Waals surface area contributed by atoms with Crippen molar-refractivity contribution in [2.75, 3.05) is 13.7 Å². The van der Waals surface area contributed by atoms with Crippen molar-refractivity contribution in [3.8, 4) is 0 Å². The van der Waals surface area contributed by atoms with Gasteiger partial charge in [0, 0.05) is 29.6 Å². The van der Waals surface area contributed by atoms with Crippen molar-refractivity contribution in [3.05, 3.63) is 39.9 Å². The molecule has 0 amide bonds.